The van der Waals surface area contributed by atoms with Crippen LogP contribution in [-0.2, 0) is 0 Å². The van der Waals surface area contributed by atoms with Crippen LogP contribution in [0.25, 0.3) is 0 Å². The molecule has 0 aromatic rings. The van der Waals surface area contributed by atoms with Crippen LogP contribution in [0.1, 0.15) is 0 Å². The van der Waals surface area contributed by atoms with Crippen LogP contribution in [0.3, 0.4) is 0 Å². The maximum Gasteiger partial charge on any atom is 0.0644 e. The molecule has 1 heterocycles. The molecule has 1 saturated heterocycles. The van der Waals surface area contributed by atoms with Crippen molar-refractivity contribution in [2.24, 2.45) is 0 Å². The van der Waals surface area contributed by atoms with Gasteiger partial charge in [-0.2, -0.15) is 12.6 Å². The van der Waals surface area contributed by atoms with Gasteiger partial charge < -0.3 is 0 Å². The quantitative estimate of drug-likeness (QED) is 0.552. The standard InChI is InChI=1S/C5H11NS2/c1-6-2-3-8-5(6)4-7/h5,7H,2-4H2,1H3. The van der Waals surface area contributed by atoms with E-state index in [2.05, 4.69) is 24.6 Å². The molecule has 0 radical (unpaired) electrons. The molecule has 0 aliphatic carbocycles. The van der Waals surface area contributed by atoms with E-state index in [1.54, 1.807) is 0 Å². The molecule has 1 aliphatic rings. The van der Waals surface area contributed by atoms with Crippen LogP contribution < -0.4 is 0 Å². The van der Waals surface area contributed by atoms with Crippen LogP contribution in [0, 0.1) is 0 Å². The van der Waals surface area contributed by atoms with E-state index in [0.717, 1.165) is 5.75 Å². The van der Waals surface area contributed by atoms with Crippen molar-refractivity contribution in [3.05, 3.63) is 0 Å². The lowest BCUT2D eigenvalue weighted by Crippen LogP contribution is -2.24. The second kappa shape index (κ2) is 2.99. The van der Waals surface area contributed by atoms with Gasteiger partial charge in [0, 0.05) is 18.1 Å². The molecule has 1 unspecified atom stereocenters. The lowest BCUT2D eigenvalue weighted by atomic mass is 10.6. The number of thiol groups is 1. The molecule has 48 valence electrons. The Labute approximate surface area is 60.2 Å². The Kier molecular flexibility index (Phi) is 2.53. The second-order valence-corrected chi connectivity index (χ2v) is 3.64. The summed E-state index contributed by atoms with van der Waals surface area (Å²) in [7, 11) is 2.15. The molecule has 0 saturated carbocycles. The van der Waals surface area contributed by atoms with Crippen LogP contribution in [0.5, 0.6) is 0 Å². The molecule has 1 atom stereocenters. The highest BCUT2D eigenvalue weighted by molar-refractivity contribution is 8.00. The Morgan fingerprint density at radius 3 is 2.88 bits per heavy atom. The zero-order valence-electron chi connectivity index (χ0n) is 5.00. The van der Waals surface area contributed by atoms with Gasteiger partial charge in [0.2, 0.25) is 0 Å². The van der Waals surface area contributed by atoms with E-state index < -0.39 is 0 Å². The Bertz CT molecular complexity index is 76.8. The fourth-order valence-corrected chi connectivity index (χ4v) is 2.52. The first-order valence-electron chi connectivity index (χ1n) is 2.77. The van der Waals surface area contributed by atoms with Gasteiger partial charge in [0.15, 0.2) is 0 Å². The van der Waals surface area contributed by atoms with Gasteiger partial charge in [-0.15, -0.1) is 11.8 Å². The highest BCUT2D eigenvalue weighted by Crippen LogP contribution is 2.21. The minimum Gasteiger partial charge on any atom is -0.293 e. The van der Waals surface area contributed by atoms with E-state index in [0.29, 0.717) is 5.37 Å². The second-order valence-electron chi connectivity index (χ2n) is 1.99. The highest BCUT2D eigenvalue weighted by Gasteiger charge is 2.18. The monoisotopic (exact) mass is 149 g/mol. The van der Waals surface area contributed by atoms with Crippen LogP contribution >= 0.6 is 24.4 Å². The normalized spacial score (nSPS) is 31.5. The van der Waals surface area contributed by atoms with Gasteiger partial charge in [-0.25, -0.2) is 0 Å². The number of hydrogen-bond acceptors (Lipinski definition) is 3. The molecule has 0 amide bonds. The molecule has 0 bridgehead atoms. The molecule has 3 heteroatoms. The topological polar surface area (TPSA) is 3.24 Å². The number of hydrogen-bond donors (Lipinski definition) is 1. The Balaban J connectivity index is 2.30. The van der Waals surface area contributed by atoms with Crippen molar-refractivity contribution >= 4 is 24.4 Å². The van der Waals surface area contributed by atoms with E-state index in [1.165, 1.54) is 12.3 Å². The van der Waals surface area contributed by atoms with E-state index in [-0.39, 0.29) is 0 Å². The molecule has 0 aromatic heterocycles. The van der Waals surface area contributed by atoms with Gasteiger partial charge in [-0.3, -0.25) is 4.90 Å². The average molecular weight is 149 g/mol. The largest absolute Gasteiger partial charge is 0.293 e. The Morgan fingerprint density at radius 2 is 2.62 bits per heavy atom. The summed E-state index contributed by atoms with van der Waals surface area (Å²) in [6.07, 6.45) is 0. The van der Waals surface area contributed by atoms with Gasteiger partial charge in [0.25, 0.3) is 0 Å². The van der Waals surface area contributed by atoms with Gasteiger partial charge in [0.05, 0.1) is 5.37 Å². The molecule has 1 nitrogen and oxygen atoms in total. The first kappa shape index (κ1) is 6.78. The molecule has 1 aliphatic heterocycles. The Hall–Kier alpha value is 0.660. The van der Waals surface area contributed by atoms with Crippen LogP contribution in [0.15, 0.2) is 0 Å². The van der Waals surface area contributed by atoms with Gasteiger partial charge in [0.1, 0.15) is 0 Å². The molecule has 0 aromatic carbocycles. The lowest BCUT2D eigenvalue weighted by Gasteiger charge is -2.14. The molecule has 0 N–H and O–H groups in total. The summed E-state index contributed by atoms with van der Waals surface area (Å²) in [5, 5.41) is 0.679. The highest BCUT2D eigenvalue weighted by atomic mass is 32.2. The summed E-state index contributed by atoms with van der Waals surface area (Å²) < 4.78 is 0. The third kappa shape index (κ3) is 1.33. The zero-order chi connectivity index (χ0) is 5.98. The van der Waals surface area contributed by atoms with Crippen LogP contribution in [0.4, 0.5) is 0 Å². The molecule has 1 fully saturated rings. The third-order valence-corrected chi connectivity index (χ3v) is 3.32. The number of thioether (sulfide) groups is 1. The summed E-state index contributed by atoms with van der Waals surface area (Å²) in [6, 6.07) is 0. The van der Waals surface area contributed by atoms with Crippen LogP contribution in [-0.4, -0.2) is 35.4 Å². The Morgan fingerprint density at radius 1 is 1.88 bits per heavy atom. The fourth-order valence-electron chi connectivity index (χ4n) is 0.796. The zero-order valence-corrected chi connectivity index (χ0v) is 6.71. The molecular weight excluding hydrogens is 138 g/mol. The molecule has 0 spiro atoms. The smallest absolute Gasteiger partial charge is 0.0644 e. The maximum absolute atomic E-state index is 4.21. The number of nitrogens with zero attached hydrogens (tertiary/aromatic N) is 1. The SMILES string of the molecule is CN1CCSC1CS. The fraction of sp³-hybridized carbons (Fsp3) is 1.00. The molecular formula is C5H11NS2. The van der Waals surface area contributed by atoms with Gasteiger partial charge in [-0.1, -0.05) is 0 Å². The van der Waals surface area contributed by atoms with Crippen molar-refractivity contribution in [3.8, 4) is 0 Å². The predicted octanol–water partition coefficient (Wildman–Crippen LogP) is 0.921. The predicted molar refractivity (Wildman–Crippen MR) is 42.7 cm³/mol. The first-order valence-corrected chi connectivity index (χ1v) is 4.45. The average Bonchev–Trinajstić information content (AvgIpc) is 2.14. The van der Waals surface area contributed by atoms with Gasteiger partial charge in [-0.05, 0) is 7.05 Å². The minimum absolute atomic E-state index is 0.679. The molecule has 1 rings (SSSR count). The lowest BCUT2D eigenvalue weighted by molar-refractivity contribution is 0.372. The third-order valence-electron chi connectivity index (χ3n) is 1.40. The minimum atomic E-state index is 0.679. The van der Waals surface area contributed by atoms with E-state index in [4.69, 9.17) is 0 Å². The summed E-state index contributed by atoms with van der Waals surface area (Å²) >= 11 is 6.21. The summed E-state index contributed by atoms with van der Waals surface area (Å²) in [5.41, 5.74) is 0. The van der Waals surface area contributed by atoms with Crippen LogP contribution in [0.2, 0.25) is 0 Å². The summed E-state index contributed by atoms with van der Waals surface area (Å²) in [5.74, 6) is 2.27. The van der Waals surface area contributed by atoms with Crippen molar-refractivity contribution in [3.63, 3.8) is 0 Å². The van der Waals surface area contributed by atoms with Gasteiger partial charge >= 0.3 is 0 Å². The number of rotatable bonds is 1. The first-order chi connectivity index (χ1) is 3.84. The summed E-state index contributed by atoms with van der Waals surface area (Å²) in [6.45, 7) is 1.23. The summed E-state index contributed by atoms with van der Waals surface area (Å²) in [4.78, 5) is 2.34. The van der Waals surface area contributed by atoms with E-state index >= 15 is 0 Å². The van der Waals surface area contributed by atoms with Crippen molar-refractivity contribution in [1.82, 2.24) is 4.90 Å². The van der Waals surface area contributed by atoms with E-state index in [9.17, 15) is 0 Å². The van der Waals surface area contributed by atoms with Crippen molar-refractivity contribution < 1.29 is 0 Å². The van der Waals surface area contributed by atoms with Crippen molar-refractivity contribution in [2.45, 2.75) is 5.37 Å². The van der Waals surface area contributed by atoms with Crippen molar-refractivity contribution in [1.29, 1.82) is 0 Å². The van der Waals surface area contributed by atoms with E-state index in [1.807, 2.05) is 11.8 Å². The maximum atomic E-state index is 4.21. The molecule has 8 heavy (non-hydrogen) atoms. The van der Waals surface area contributed by atoms with Crippen molar-refractivity contribution in [2.75, 3.05) is 25.1 Å².